The van der Waals surface area contributed by atoms with Crippen LogP contribution in [0.25, 0.3) is 0 Å². The number of Topliss-reactive ketones (excluding diaryl/α,β-unsaturated/α-hetero) is 1. The van der Waals surface area contributed by atoms with Crippen LogP contribution in [0.5, 0.6) is 5.75 Å². The third kappa shape index (κ3) is 4.42. The summed E-state index contributed by atoms with van der Waals surface area (Å²) < 4.78 is 5.73. The van der Waals surface area contributed by atoms with E-state index in [-0.39, 0.29) is 18.1 Å². The maximum Gasteiger partial charge on any atom is 0.227 e. The van der Waals surface area contributed by atoms with Gasteiger partial charge in [0.2, 0.25) is 5.91 Å². The summed E-state index contributed by atoms with van der Waals surface area (Å²) in [6.45, 7) is 5.73. The van der Waals surface area contributed by atoms with Gasteiger partial charge >= 0.3 is 0 Å². The van der Waals surface area contributed by atoms with E-state index in [1.54, 1.807) is 24.3 Å². The van der Waals surface area contributed by atoms with E-state index in [4.69, 9.17) is 4.74 Å². The largest absolute Gasteiger partial charge is 0.493 e. The summed E-state index contributed by atoms with van der Waals surface area (Å²) in [6, 6.07) is 12.9. The summed E-state index contributed by atoms with van der Waals surface area (Å²) in [7, 11) is 0. The summed E-state index contributed by atoms with van der Waals surface area (Å²) in [4.78, 5) is 23.6. The molecule has 0 aliphatic rings. The fraction of sp³-hybridized carbons (Fsp3) is 0.263. The van der Waals surface area contributed by atoms with Crippen LogP contribution < -0.4 is 10.1 Å². The molecule has 0 saturated heterocycles. The average molecular weight is 311 g/mol. The van der Waals surface area contributed by atoms with Crippen molar-refractivity contribution in [3.63, 3.8) is 0 Å². The molecule has 0 radical (unpaired) electrons. The molecule has 0 aliphatic carbocycles. The van der Waals surface area contributed by atoms with E-state index in [2.05, 4.69) is 5.32 Å². The Bertz CT molecular complexity index is 702. The molecule has 0 atom stereocenters. The van der Waals surface area contributed by atoms with E-state index in [0.29, 0.717) is 17.9 Å². The Morgan fingerprint density at radius 1 is 1.00 bits per heavy atom. The van der Waals surface area contributed by atoms with Gasteiger partial charge in [0.15, 0.2) is 5.78 Å². The molecule has 0 heterocycles. The lowest BCUT2D eigenvalue weighted by molar-refractivity contribution is -0.116. The second kappa shape index (κ2) is 7.58. The number of ether oxygens (including phenoxy) is 1. The molecule has 1 amide bonds. The molecule has 0 bridgehead atoms. The zero-order valence-electron chi connectivity index (χ0n) is 13.7. The molecule has 2 rings (SSSR count). The van der Waals surface area contributed by atoms with Crippen LogP contribution in [-0.4, -0.2) is 18.3 Å². The highest BCUT2D eigenvalue weighted by molar-refractivity contribution is 6.03. The van der Waals surface area contributed by atoms with Crippen LogP contribution in [0, 0.1) is 13.8 Å². The van der Waals surface area contributed by atoms with Crippen LogP contribution in [-0.2, 0) is 4.79 Å². The Morgan fingerprint density at radius 2 is 1.65 bits per heavy atom. The fourth-order valence-electron chi connectivity index (χ4n) is 2.38. The summed E-state index contributed by atoms with van der Waals surface area (Å²) in [5, 5.41) is 2.77. The minimum absolute atomic E-state index is 0.0762. The van der Waals surface area contributed by atoms with Gasteiger partial charge in [0.05, 0.1) is 18.7 Å². The molecular formula is C19H21NO3. The second-order valence-corrected chi connectivity index (χ2v) is 5.47. The minimum atomic E-state index is -0.176. The van der Waals surface area contributed by atoms with Gasteiger partial charge in [-0.1, -0.05) is 30.3 Å². The first-order valence-electron chi connectivity index (χ1n) is 7.58. The van der Waals surface area contributed by atoms with E-state index in [0.717, 1.165) is 16.9 Å². The standard InChI is InChI=1S/C19H21NO3/c1-13-7-6-8-14(2)19(13)23-12-11-18(22)20-17-10-5-4-9-16(17)15(3)21/h4-10H,11-12H2,1-3H3,(H,20,22). The smallest absolute Gasteiger partial charge is 0.227 e. The van der Waals surface area contributed by atoms with Crippen molar-refractivity contribution in [2.24, 2.45) is 0 Å². The predicted octanol–water partition coefficient (Wildman–Crippen LogP) is 3.91. The van der Waals surface area contributed by atoms with Gasteiger partial charge in [0.1, 0.15) is 5.75 Å². The van der Waals surface area contributed by atoms with E-state index in [1.165, 1.54) is 6.92 Å². The van der Waals surface area contributed by atoms with Crippen LogP contribution in [0.1, 0.15) is 34.8 Å². The highest BCUT2D eigenvalue weighted by Crippen LogP contribution is 2.22. The number of aryl methyl sites for hydroxylation is 2. The minimum Gasteiger partial charge on any atom is -0.493 e. The Balaban J connectivity index is 1.93. The van der Waals surface area contributed by atoms with Gasteiger partial charge in [0.25, 0.3) is 0 Å². The van der Waals surface area contributed by atoms with Crippen molar-refractivity contribution in [2.45, 2.75) is 27.2 Å². The number of amides is 1. The van der Waals surface area contributed by atoms with Crippen LogP contribution >= 0.6 is 0 Å². The molecule has 4 heteroatoms. The monoisotopic (exact) mass is 311 g/mol. The van der Waals surface area contributed by atoms with Crippen molar-refractivity contribution < 1.29 is 14.3 Å². The summed E-state index contributed by atoms with van der Waals surface area (Å²) in [5.41, 5.74) is 3.15. The van der Waals surface area contributed by atoms with Crippen LogP contribution in [0.15, 0.2) is 42.5 Å². The first-order valence-corrected chi connectivity index (χ1v) is 7.58. The average Bonchev–Trinajstić information content (AvgIpc) is 2.50. The molecule has 4 nitrogen and oxygen atoms in total. The first kappa shape index (κ1) is 16.7. The van der Waals surface area contributed by atoms with E-state index >= 15 is 0 Å². The van der Waals surface area contributed by atoms with Gasteiger partial charge in [-0.25, -0.2) is 0 Å². The van der Waals surface area contributed by atoms with E-state index in [9.17, 15) is 9.59 Å². The van der Waals surface area contributed by atoms with Crippen molar-refractivity contribution in [1.82, 2.24) is 0 Å². The molecule has 0 aromatic heterocycles. The number of hydrogen-bond acceptors (Lipinski definition) is 3. The predicted molar refractivity (Wildman–Crippen MR) is 91.1 cm³/mol. The highest BCUT2D eigenvalue weighted by Gasteiger charge is 2.10. The van der Waals surface area contributed by atoms with Crippen molar-refractivity contribution in [3.05, 3.63) is 59.2 Å². The lowest BCUT2D eigenvalue weighted by Crippen LogP contribution is -2.17. The Hall–Kier alpha value is -2.62. The Morgan fingerprint density at radius 3 is 2.30 bits per heavy atom. The normalized spacial score (nSPS) is 10.2. The van der Waals surface area contributed by atoms with Gasteiger partial charge < -0.3 is 10.1 Å². The van der Waals surface area contributed by atoms with Crippen LogP contribution in [0.4, 0.5) is 5.69 Å². The van der Waals surface area contributed by atoms with Gasteiger partial charge in [-0.3, -0.25) is 9.59 Å². The molecule has 0 saturated carbocycles. The number of ketones is 1. The number of para-hydroxylation sites is 2. The fourth-order valence-corrected chi connectivity index (χ4v) is 2.38. The first-order chi connectivity index (χ1) is 11.0. The Kier molecular flexibility index (Phi) is 5.52. The van der Waals surface area contributed by atoms with Crippen molar-refractivity contribution in [1.29, 1.82) is 0 Å². The van der Waals surface area contributed by atoms with Crippen molar-refractivity contribution >= 4 is 17.4 Å². The molecule has 0 aliphatic heterocycles. The van der Waals surface area contributed by atoms with Gasteiger partial charge in [-0.05, 0) is 44.0 Å². The third-order valence-corrected chi connectivity index (χ3v) is 3.56. The molecule has 120 valence electrons. The maximum atomic E-state index is 12.0. The number of benzene rings is 2. The summed E-state index contributed by atoms with van der Waals surface area (Å²) in [6.07, 6.45) is 0.222. The summed E-state index contributed by atoms with van der Waals surface area (Å²) >= 11 is 0. The van der Waals surface area contributed by atoms with Crippen LogP contribution in [0.3, 0.4) is 0 Å². The van der Waals surface area contributed by atoms with Gasteiger partial charge in [0, 0.05) is 5.56 Å². The molecule has 0 spiro atoms. The third-order valence-electron chi connectivity index (χ3n) is 3.56. The van der Waals surface area contributed by atoms with Gasteiger partial charge in [-0.2, -0.15) is 0 Å². The molecule has 2 aromatic carbocycles. The number of rotatable bonds is 6. The topological polar surface area (TPSA) is 55.4 Å². The van der Waals surface area contributed by atoms with Crippen LogP contribution in [0.2, 0.25) is 0 Å². The number of anilines is 1. The zero-order valence-corrected chi connectivity index (χ0v) is 13.7. The lowest BCUT2D eigenvalue weighted by Gasteiger charge is -2.12. The summed E-state index contributed by atoms with van der Waals surface area (Å²) in [5.74, 6) is 0.571. The van der Waals surface area contributed by atoms with E-state index in [1.807, 2.05) is 32.0 Å². The van der Waals surface area contributed by atoms with Crippen molar-refractivity contribution in [3.8, 4) is 5.75 Å². The Labute approximate surface area is 136 Å². The molecule has 0 unspecified atom stereocenters. The van der Waals surface area contributed by atoms with Gasteiger partial charge in [-0.15, -0.1) is 0 Å². The molecule has 23 heavy (non-hydrogen) atoms. The highest BCUT2D eigenvalue weighted by atomic mass is 16.5. The lowest BCUT2D eigenvalue weighted by atomic mass is 10.1. The SMILES string of the molecule is CC(=O)c1ccccc1NC(=O)CCOc1c(C)cccc1C. The molecule has 0 fully saturated rings. The second-order valence-electron chi connectivity index (χ2n) is 5.47. The number of hydrogen-bond donors (Lipinski definition) is 1. The number of carbonyl (C=O) groups is 2. The number of nitrogens with one attached hydrogen (secondary N) is 1. The zero-order chi connectivity index (χ0) is 16.8. The number of carbonyl (C=O) groups excluding carboxylic acids is 2. The van der Waals surface area contributed by atoms with E-state index < -0.39 is 0 Å². The molecular weight excluding hydrogens is 290 g/mol. The van der Waals surface area contributed by atoms with Crippen molar-refractivity contribution in [2.75, 3.05) is 11.9 Å². The quantitative estimate of drug-likeness (QED) is 0.823. The molecule has 2 aromatic rings. The maximum absolute atomic E-state index is 12.0. The molecule has 1 N–H and O–H groups in total.